The number of rotatable bonds is 10. The molecule has 1 heterocycles. The van der Waals surface area contributed by atoms with E-state index in [4.69, 9.17) is 0 Å². The summed E-state index contributed by atoms with van der Waals surface area (Å²) in [6, 6.07) is 11.7. The van der Waals surface area contributed by atoms with Gasteiger partial charge in [-0.15, -0.1) is 0 Å². The Morgan fingerprint density at radius 3 is 2.29 bits per heavy atom. The first-order valence-electron chi connectivity index (χ1n) is 14.5. The van der Waals surface area contributed by atoms with Gasteiger partial charge in [-0.25, -0.2) is 8.42 Å². The van der Waals surface area contributed by atoms with Crippen molar-refractivity contribution in [2.75, 3.05) is 18.9 Å². The van der Waals surface area contributed by atoms with Crippen molar-refractivity contribution in [3.63, 3.8) is 0 Å². The molecule has 10 heteroatoms. The number of fused-ring (bicyclic) bond motifs is 1. The van der Waals surface area contributed by atoms with E-state index in [1.165, 1.54) is 12.1 Å². The van der Waals surface area contributed by atoms with E-state index in [1.54, 1.807) is 25.1 Å². The van der Waals surface area contributed by atoms with Crippen LogP contribution in [0.4, 0.5) is 13.2 Å². The molecule has 1 aliphatic heterocycles. The molecule has 1 aliphatic carbocycles. The summed E-state index contributed by atoms with van der Waals surface area (Å²) in [5, 5.41) is 12.6. The minimum atomic E-state index is -4.11. The number of carbonyl (C=O) groups excluding carboxylic acids is 1. The molecule has 2 N–H and O–H groups in total. The molecule has 0 spiro atoms. The van der Waals surface area contributed by atoms with Gasteiger partial charge in [-0.2, -0.15) is 13.2 Å². The number of aliphatic hydroxyl groups excluding tert-OH is 1. The molecule has 0 bridgehead atoms. The van der Waals surface area contributed by atoms with E-state index in [-0.39, 0.29) is 54.4 Å². The molecule has 2 aromatic rings. The second kappa shape index (κ2) is 12.8. The minimum Gasteiger partial charge on any atom is -0.396 e. The van der Waals surface area contributed by atoms with Gasteiger partial charge in [-0.05, 0) is 84.9 Å². The number of alkyl halides is 3. The van der Waals surface area contributed by atoms with E-state index in [0.29, 0.717) is 36.4 Å². The zero-order chi connectivity index (χ0) is 29.9. The van der Waals surface area contributed by atoms with Crippen LogP contribution in [0.5, 0.6) is 0 Å². The first-order chi connectivity index (χ1) is 19.3. The zero-order valence-corrected chi connectivity index (χ0v) is 24.8. The number of carbonyl (C=O) groups is 1. The van der Waals surface area contributed by atoms with Crippen LogP contribution in [0.15, 0.2) is 47.4 Å². The van der Waals surface area contributed by atoms with Gasteiger partial charge in [0.05, 0.1) is 22.6 Å². The molecule has 0 saturated heterocycles. The van der Waals surface area contributed by atoms with Crippen LogP contribution in [-0.4, -0.2) is 49.4 Å². The molecular weight excluding hydrogens is 553 g/mol. The second-order valence-corrected chi connectivity index (χ2v) is 14.1. The average Bonchev–Trinajstić information content (AvgIpc) is 3.30. The maximum atomic E-state index is 13.3. The first-order valence-corrected chi connectivity index (χ1v) is 16.2. The smallest absolute Gasteiger partial charge is 0.391 e. The summed E-state index contributed by atoms with van der Waals surface area (Å²) >= 11 is 0. The lowest BCUT2D eigenvalue weighted by molar-refractivity contribution is -0.184. The highest BCUT2D eigenvalue weighted by molar-refractivity contribution is 7.91. The largest absolute Gasteiger partial charge is 0.396 e. The minimum absolute atomic E-state index is 0.00421. The normalized spacial score (nSPS) is 22.5. The Kier molecular flexibility index (Phi) is 9.86. The lowest BCUT2D eigenvalue weighted by Crippen LogP contribution is -2.34. The average molecular weight is 595 g/mol. The Morgan fingerprint density at radius 2 is 1.73 bits per heavy atom. The highest BCUT2D eigenvalue weighted by Crippen LogP contribution is 2.43. The zero-order valence-electron chi connectivity index (χ0n) is 24.0. The van der Waals surface area contributed by atoms with E-state index >= 15 is 0 Å². The molecule has 0 aromatic heterocycles. The van der Waals surface area contributed by atoms with Crippen LogP contribution in [0, 0.1) is 17.8 Å². The fourth-order valence-electron chi connectivity index (χ4n) is 6.42. The Labute approximate surface area is 241 Å². The summed E-state index contributed by atoms with van der Waals surface area (Å²) in [4.78, 5) is 15.9. The summed E-state index contributed by atoms with van der Waals surface area (Å²) in [6.45, 7) is 7.10. The van der Waals surface area contributed by atoms with Crippen LogP contribution < -0.4 is 5.32 Å². The maximum absolute atomic E-state index is 13.3. The molecule has 1 fully saturated rings. The highest BCUT2D eigenvalue weighted by Gasteiger charge is 2.42. The van der Waals surface area contributed by atoms with Gasteiger partial charge in [0.1, 0.15) is 0 Å². The first kappa shape index (κ1) is 31.5. The number of halogens is 3. The van der Waals surface area contributed by atoms with E-state index < -0.39 is 28.0 Å². The molecule has 0 radical (unpaired) electrons. The molecule has 1 amide bonds. The Bertz CT molecular complexity index is 1300. The van der Waals surface area contributed by atoms with E-state index in [1.807, 2.05) is 12.1 Å². The second-order valence-electron chi connectivity index (χ2n) is 11.8. The van der Waals surface area contributed by atoms with Gasteiger partial charge < -0.3 is 10.4 Å². The third-order valence-electron chi connectivity index (χ3n) is 8.67. The number of nitrogens with one attached hydrogen (secondary N) is 1. The third kappa shape index (κ3) is 7.32. The van der Waals surface area contributed by atoms with Crippen LogP contribution in [0.25, 0.3) is 0 Å². The molecular formula is C31H41F3N2O4S. The Hall–Kier alpha value is -2.43. The van der Waals surface area contributed by atoms with E-state index in [9.17, 15) is 31.5 Å². The summed E-state index contributed by atoms with van der Waals surface area (Å²) in [6.07, 6.45) is -2.30. The van der Waals surface area contributed by atoms with Gasteiger partial charge in [0.15, 0.2) is 9.84 Å². The number of aliphatic hydroxyl groups is 1. The molecule has 2 aliphatic rings. The maximum Gasteiger partial charge on any atom is 0.391 e. The summed E-state index contributed by atoms with van der Waals surface area (Å²) in [7, 11) is -3.34. The Balaban J connectivity index is 1.46. The fraction of sp³-hybridized carbons (Fsp3) is 0.581. The van der Waals surface area contributed by atoms with Crippen molar-refractivity contribution in [1.82, 2.24) is 10.2 Å². The standard InChI is InChI=1S/C31H41F3N2O4S/c1-4-41(39,40)26-12-7-22(8-13-26)28(15-16-37)35-30(38)23-9-14-27-24(17-23)19-36(29(27)20(2)3)18-21-5-10-25(11-6-21)31(32,33)34/h7-9,12-14,17,20-21,25,28-29,37H,4-6,10-11,15-16,18-19H2,1-3H3,(H,35,38)/t21-,25-,28-,29-/m0/s1. The van der Waals surface area contributed by atoms with Crippen LogP contribution in [0.2, 0.25) is 0 Å². The van der Waals surface area contributed by atoms with Crippen molar-refractivity contribution < 1.29 is 31.5 Å². The number of nitrogens with zero attached hydrogens (tertiary/aromatic N) is 1. The topological polar surface area (TPSA) is 86.7 Å². The van der Waals surface area contributed by atoms with Crippen molar-refractivity contribution in [2.45, 2.75) is 82.6 Å². The van der Waals surface area contributed by atoms with Crippen molar-refractivity contribution in [3.05, 3.63) is 64.7 Å². The van der Waals surface area contributed by atoms with Crippen LogP contribution in [-0.2, 0) is 16.4 Å². The van der Waals surface area contributed by atoms with Gasteiger partial charge in [0.25, 0.3) is 5.91 Å². The van der Waals surface area contributed by atoms with Crippen LogP contribution in [0.3, 0.4) is 0 Å². The lowest BCUT2D eigenvalue weighted by Gasteiger charge is -2.35. The summed E-state index contributed by atoms with van der Waals surface area (Å²) < 4.78 is 63.7. The molecule has 226 valence electrons. The van der Waals surface area contributed by atoms with Crippen molar-refractivity contribution >= 4 is 15.7 Å². The third-order valence-corrected chi connectivity index (χ3v) is 10.4. The SMILES string of the molecule is CCS(=O)(=O)c1ccc([C@H](CCO)NC(=O)c2ccc3c(c2)CN(C[C@H]2CC[C@H](C(F)(F)F)CC2)[C@H]3C(C)C)cc1. The number of benzene rings is 2. The molecule has 1 saturated carbocycles. The summed E-state index contributed by atoms with van der Waals surface area (Å²) in [5.74, 6) is -0.953. The van der Waals surface area contributed by atoms with E-state index in [0.717, 1.165) is 17.7 Å². The molecule has 2 atom stereocenters. The number of sulfone groups is 1. The predicted molar refractivity (Wildman–Crippen MR) is 152 cm³/mol. The molecule has 0 unspecified atom stereocenters. The summed E-state index contributed by atoms with van der Waals surface area (Å²) in [5.41, 5.74) is 3.40. The molecule has 2 aromatic carbocycles. The quantitative estimate of drug-likeness (QED) is 0.341. The van der Waals surface area contributed by atoms with Gasteiger partial charge in [-0.1, -0.05) is 39.0 Å². The van der Waals surface area contributed by atoms with Crippen LogP contribution in [0.1, 0.15) is 92.0 Å². The monoisotopic (exact) mass is 594 g/mol. The Morgan fingerprint density at radius 1 is 1.07 bits per heavy atom. The van der Waals surface area contributed by atoms with Crippen molar-refractivity contribution in [1.29, 1.82) is 0 Å². The van der Waals surface area contributed by atoms with Gasteiger partial charge in [-0.3, -0.25) is 9.69 Å². The van der Waals surface area contributed by atoms with E-state index in [2.05, 4.69) is 24.1 Å². The highest BCUT2D eigenvalue weighted by atomic mass is 32.2. The predicted octanol–water partition coefficient (Wildman–Crippen LogP) is 6.22. The molecule has 4 rings (SSSR count). The van der Waals surface area contributed by atoms with Crippen molar-refractivity contribution in [2.24, 2.45) is 17.8 Å². The molecule has 41 heavy (non-hydrogen) atoms. The van der Waals surface area contributed by atoms with Gasteiger partial charge >= 0.3 is 6.18 Å². The van der Waals surface area contributed by atoms with Crippen molar-refractivity contribution in [3.8, 4) is 0 Å². The van der Waals surface area contributed by atoms with Crippen LogP contribution >= 0.6 is 0 Å². The number of amides is 1. The number of hydrogen-bond donors (Lipinski definition) is 2. The van der Waals surface area contributed by atoms with Gasteiger partial charge in [0.2, 0.25) is 0 Å². The fourth-order valence-corrected chi connectivity index (χ4v) is 7.30. The molecule has 6 nitrogen and oxygen atoms in total. The lowest BCUT2D eigenvalue weighted by atomic mass is 9.81. The van der Waals surface area contributed by atoms with Gasteiger partial charge in [0, 0.05) is 31.3 Å². The number of hydrogen-bond acceptors (Lipinski definition) is 5.